The topological polar surface area (TPSA) is 51.2 Å². The van der Waals surface area contributed by atoms with Crippen molar-refractivity contribution in [1.82, 2.24) is 10.3 Å². The highest BCUT2D eigenvalue weighted by Gasteiger charge is 2.32. The minimum Gasteiger partial charge on any atom is -0.444 e. The highest BCUT2D eigenvalue weighted by molar-refractivity contribution is 5.67. The van der Waals surface area contributed by atoms with Crippen LogP contribution >= 0.6 is 0 Å². The molecule has 1 N–H and O–H groups in total. The number of hydrogen-bond acceptors (Lipinski definition) is 3. The zero-order valence-corrected chi connectivity index (χ0v) is 12.7. The number of halogens is 3. The van der Waals surface area contributed by atoms with Gasteiger partial charge >= 0.3 is 12.3 Å². The Hall–Kier alpha value is -2.05. The summed E-state index contributed by atoms with van der Waals surface area (Å²) in [6, 6.07) is 0.929. The first-order chi connectivity index (χ1) is 10.1. The van der Waals surface area contributed by atoms with Gasteiger partial charge in [0, 0.05) is 24.5 Å². The molecule has 0 saturated heterocycles. The number of aromatic nitrogens is 1. The molecule has 0 unspecified atom stereocenters. The number of alkyl carbamates (subject to hydrolysis) is 1. The average molecular weight is 316 g/mol. The molecular weight excluding hydrogens is 297 g/mol. The van der Waals surface area contributed by atoms with Gasteiger partial charge in [0.1, 0.15) is 5.60 Å². The minimum atomic E-state index is -4.42. The number of pyridine rings is 1. The number of carbonyl (C=O) groups is 1. The molecule has 0 aliphatic rings. The van der Waals surface area contributed by atoms with E-state index >= 15 is 0 Å². The first kappa shape index (κ1) is 18.0. The van der Waals surface area contributed by atoms with E-state index in [0.29, 0.717) is 6.42 Å². The van der Waals surface area contributed by atoms with Crippen LogP contribution in [-0.2, 0) is 10.9 Å². The zero-order chi connectivity index (χ0) is 16.8. The fourth-order valence-electron chi connectivity index (χ4n) is 1.58. The molecule has 0 aromatic carbocycles. The number of alkyl halides is 3. The molecule has 1 rings (SSSR count). The van der Waals surface area contributed by atoms with E-state index in [-0.39, 0.29) is 12.1 Å². The summed E-state index contributed by atoms with van der Waals surface area (Å²) in [5, 5.41) is 2.52. The van der Waals surface area contributed by atoms with Crippen LogP contribution in [0.4, 0.5) is 18.0 Å². The highest BCUT2D eigenvalue weighted by atomic mass is 19.4. The third-order valence-corrected chi connectivity index (χ3v) is 2.43. The van der Waals surface area contributed by atoms with Crippen LogP contribution in [-0.4, -0.2) is 23.2 Å². The molecule has 0 spiro atoms. The summed E-state index contributed by atoms with van der Waals surface area (Å²) < 4.78 is 43.3. The van der Waals surface area contributed by atoms with Gasteiger partial charge in [0.2, 0.25) is 0 Å². The van der Waals surface area contributed by atoms with Gasteiger partial charge in [-0.1, -0.05) is 12.2 Å². The second-order valence-electron chi connectivity index (χ2n) is 5.58. The van der Waals surface area contributed by atoms with Crippen LogP contribution in [0.15, 0.2) is 24.5 Å². The van der Waals surface area contributed by atoms with Crippen molar-refractivity contribution < 1.29 is 22.7 Å². The van der Waals surface area contributed by atoms with Gasteiger partial charge in [-0.2, -0.15) is 13.2 Å². The fourth-order valence-corrected chi connectivity index (χ4v) is 1.58. The number of rotatable bonds is 4. The SMILES string of the molecule is CC(C)(C)OC(=O)NCCC=Cc1cnccc1C(F)(F)F. The van der Waals surface area contributed by atoms with E-state index in [9.17, 15) is 18.0 Å². The van der Waals surface area contributed by atoms with Crippen LogP contribution in [0.25, 0.3) is 6.08 Å². The molecule has 0 radical (unpaired) electrons. The van der Waals surface area contributed by atoms with Crippen molar-refractivity contribution in [2.24, 2.45) is 0 Å². The maximum atomic E-state index is 12.8. The van der Waals surface area contributed by atoms with Gasteiger partial charge in [-0.3, -0.25) is 4.98 Å². The van der Waals surface area contributed by atoms with Gasteiger partial charge in [0.25, 0.3) is 0 Å². The van der Waals surface area contributed by atoms with Crippen molar-refractivity contribution in [3.05, 3.63) is 35.7 Å². The molecule has 0 saturated carbocycles. The Morgan fingerprint density at radius 3 is 2.64 bits per heavy atom. The lowest BCUT2D eigenvalue weighted by atomic mass is 10.1. The monoisotopic (exact) mass is 316 g/mol. The molecule has 22 heavy (non-hydrogen) atoms. The lowest BCUT2D eigenvalue weighted by molar-refractivity contribution is -0.137. The lowest BCUT2D eigenvalue weighted by Gasteiger charge is -2.19. The quantitative estimate of drug-likeness (QED) is 0.853. The molecule has 0 bridgehead atoms. The smallest absolute Gasteiger partial charge is 0.417 e. The Balaban J connectivity index is 2.50. The van der Waals surface area contributed by atoms with Gasteiger partial charge in [-0.25, -0.2) is 4.79 Å². The first-order valence-corrected chi connectivity index (χ1v) is 6.74. The molecule has 1 aromatic heterocycles. The van der Waals surface area contributed by atoms with Crippen molar-refractivity contribution in [3.63, 3.8) is 0 Å². The maximum absolute atomic E-state index is 12.8. The van der Waals surface area contributed by atoms with E-state index < -0.39 is 23.4 Å². The van der Waals surface area contributed by atoms with Crippen molar-refractivity contribution >= 4 is 12.2 Å². The number of carbonyl (C=O) groups excluding carboxylic acids is 1. The number of hydrogen-bond donors (Lipinski definition) is 1. The summed E-state index contributed by atoms with van der Waals surface area (Å²) >= 11 is 0. The second kappa shape index (κ2) is 7.29. The van der Waals surface area contributed by atoms with E-state index in [1.807, 2.05) is 0 Å². The number of nitrogens with one attached hydrogen (secondary N) is 1. The average Bonchev–Trinajstić information content (AvgIpc) is 2.35. The van der Waals surface area contributed by atoms with Gasteiger partial charge in [-0.05, 0) is 33.3 Å². The number of nitrogens with zero attached hydrogens (tertiary/aromatic N) is 1. The van der Waals surface area contributed by atoms with E-state index in [2.05, 4.69) is 10.3 Å². The van der Waals surface area contributed by atoms with Gasteiger partial charge < -0.3 is 10.1 Å². The summed E-state index contributed by atoms with van der Waals surface area (Å²) in [6.07, 6.45) is 0.544. The predicted octanol–water partition coefficient (Wildman–Crippen LogP) is 4.03. The second-order valence-corrected chi connectivity index (χ2v) is 5.58. The highest BCUT2D eigenvalue weighted by Crippen LogP contribution is 2.31. The van der Waals surface area contributed by atoms with Crippen molar-refractivity contribution in [3.8, 4) is 0 Å². The third kappa shape index (κ3) is 6.60. The van der Waals surface area contributed by atoms with Crippen LogP contribution in [0.1, 0.15) is 38.3 Å². The largest absolute Gasteiger partial charge is 0.444 e. The van der Waals surface area contributed by atoms with Crippen LogP contribution in [0.2, 0.25) is 0 Å². The van der Waals surface area contributed by atoms with E-state index in [0.717, 1.165) is 18.5 Å². The molecule has 0 aliphatic carbocycles. The molecular formula is C15H19F3N2O2. The summed E-state index contributed by atoms with van der Waals surface area (Å²) in [5.41, 5.74) is -1.33. The zero-order valence-electron chi connectivity index (χ0n) is 12.7. The Kier molecular flexibility index (Phi) is 5.96. The maximum Gasteiger partial charge on any atom is 0.417 e. The molecule has 1 aromatic rings. The Morgan fingerprint density at radius 2 is 2.05 bits per heavy atom. The van der Waals surface area contributed by atoms with Crippen molar-refractivity contribution in [2.75, 3.05) is 6.54 Å². The summed E-state index contributed by atoms with van der Waals surface area (Å²) in [5.74, 6) is 0. The van der Waals surface area contributed by atoms with E-state index in [1.54, 1.807) is 26.8 Å². The Bertz CT molecular complexity index is 534. The van der Waals surface area contributed by atoms with Gasteiger partial charge in [0.05, 0.1) is 5.56 Å². The lowest BCUT2D eigenvalue weighted by Crippen LogP contribution is -2.32. The summed E-state index contributed by atoms with van der Waals surface area (Å²) in [7, 11) is 0. The molecule has 0 fully saturated rings. The molecule has 0 atom stereocenters. The predicted molar refractivity (Wildman–Crippen MR) is 77.1 cm³/mol. The fraction of sp³-hybridized carbons (Fsp3) is 0.467. The Labute approximate surface area is 127 Å². The van der Waals surface area contributed by atoms with Crippen LogP contribution in [0.5, 0.6) is 0 Å². The molecule has 0 aliphatic heterocycles. The van der Waals surface area contributed by atoms with Crippen molar-refractivity contribution in [1.29, 1.82) is 0 Å². The van der Waals surface area contributed by atoms with Crippen molar-refractivity contribution in [2.45, 2.75) is 39.0 Å². The normalized spacial score (nSPS) is 12.5. The third-order valence-electron chi connectivity index (χ3n) is 2.43. The number of ether oxygens (including phenoxy) is 1. The van der Waals surface area contributed by atoms with E-state index in [1.165, 1.54) is 6.08 Å². The molecule has 7 heteroatoms. The molecule has 1 amide bonds. The van der Waals surface area contributed by atoms with Gasteiger partial charge in [0.15, 0.2) is 0 Å². The number of amides is 1. The Morgan fingerprint density at radius 1 is 1.36 bits per heavy atom. The summed E-state index contributed by atoms with van der Waals surface area (Å²) in [6.45, 7) is 5.50. The van der Waals surface area contributed by atoms with E-state index in [4.69, 9.17) is 4.74 Å². The first-order valence-electron chi connectivity index (χ1n) is 6.74. The molecule has 4 nitrogen and oxygen atoms in total. The molecule has 122 valence electrons. The van der Waals surface area contributed by atoms with Gasteiger partial charge in [-0.15, -0.1) is 0 Å². The summed E-state index contributed by atoms with van der Waals surface area (Å²) in [4.78, 5) is 15.0. The van der Waals surface area contributed by atoms with Crippen LogP contribution in [0, 0.1) is 0 Å². The standard InChI is InChI=1S/C15H19F3N2O2/c1-14(2,3)22-13(21)20-8-5-4-6-11-10-19-9-7-12(11)15(16,17)18/h4,6-7,9-10H,5,8H2,1-3H3,(H,20,21). The van der Waals surface area contributed by atoms with Crippen LogP contribution in [0.3, 0.4) is 0 Å². The minimum absolute atomic E-state index is 0.00716. The molecule has 1 heterocycles. The van der Waals surface area contributed by atoms with Crippen LogP contribution < -0.4 is 5.32 Å².